The van der Waals surface area contributed by atoms with Crippen molar-refractivity contribution in [3.8, 4) is 0 Å². The zero-order chi connectivity index (χ0) is 56.8. The number of aryl methyl sites for hydroxylation is 2. The van der Waals surface area contributed by atoms with Crippen molar-refractivity contribution in [3.05, 3.63) is 177 Å². The molecular formula is C76H90BN3. The molecule has 0 saturated carbocycles. The summed E-state index contributed by atoms with van der Waals surface area (Å²) in [5, 5.41) is 0. The van der Waals surface area contributed by atoms with Gasteiger partial charge in [0, 0.05) is 45.5 Å². The van der Waals surface area contributed by atoms with Crippen LogP contribution in [0.1, 0.15) is 218 Å². The van der Waals surface area contributed by atoms with Crippen molar-refractivity contribution in [1.82, 2.24) is 0 Å². The second-order valence-electron chi connectivity index (χ2n) is 31.4. The van der Waals surface area contributed by atoms with Gasteiger partial charge in [0.2, 0.25) is 0 Å². The summed E-state index contributed by atoms with van der Waals surface area (Å²) in [4.78, 5) is 8.13. The molecule has 0 amide bonds. The molecule has 4 heteroatoms. The first-order valence-corrected chi connectivity index (χ1v) is 30.8. The van der Waals surface area contributed by atoms with E-state index in [1.54, 1.807) is 0 Å². The first kappa shape index (κ1) is 53.3. The summed E-state index contributed by atoms with van der Waals surface area (Å²) in [5.74, 6) is 0. The van der Waals surface area contributed by atoms with Crippen LogP contribution in [0.25, 0.3) is 0 Å². The van der Waals surface area contributed by atoms with E-state index < -0.39 is 0 Å². The number of para-hydroxylation sites is 2. The number of hydrogen-bond acceptors (Lipinski definition) is 3. The highest BCUT2D eigenvalue weighted by atomic mass is 15.2. The molecule has 7 aromatic rings. The lowest BCUT2D eigenvalue weighted by Gasteiger charge is -2.49. The van der Waals surface area contributed by atoms with Crippen LogP contribution in [0.15, 0.2) is 121 Å². The van der Waals surface area contributed by atoms with Crippen molar-refractivity contribution in [1.29, 1.82) is 0 Å². The minimum atomic E-state index is -0.0183. The molecule has 0 saturated heterocycles. The molecule has 0 fully saturated rings. The topological polar surface area (TPSA) is 9.72 Å². The molecule has 0 unspecified atom stereocenters. The number of fused-ring (bicyclic) bond motifs is 8. The maximum atomic E-state index is 2.77. The Labute approximate surface area is 482 Å². The summed E-state index contributed by atoms with van der Waals surface area (Å²) in [6.45, 7) is 44.6. The number of benzene rings is 7. The Morgan fingerprint density at radius 2 is 0.625 bits per heavy atom. The molecule has 7 aromatic carbocycles. The van der Waals surface area contributed by atoms with E-state index in [0.29, 0.717) is 0 Å². The summed E-state index contributed by atoms with van der Waals surface area (Å²) >= 11 is 0. The van der Waals surface area contributed by atoms with Gasteiger partial charge in [-0.15, -0.1) is 0 Å². The molecule has 3 nitrogen and oxygen atoms in total. The molecule has 0 atom stereocenters. The number of rotatable bonds is 5. The molecule has 0 radical (unpaired) electrons. The van der Waals surface area contributed by atoms with E-state index in [-0.39, 0.29) is 50.0 Å². The normalized spacial score (nSPS) is 21.2. The van der Waals surface area contributed by atoms with Crippen LogP contribution >= 0.6 is 0 Å². The maximum Gasteiger partial charge on any atom is 0.252 e. The molecule has 13 rings (SSSR count). The van der Waals surface area contributed by atoms with Crippen LogP contribution in [0.3, 0.4) is 0 Å². The Morgan fingerprint density at radius 1 is 0.325 bits per heavy atom. The van der Waals surface area contributed by atoms with Crippen LogP contribution in [0.2, 0.25) is 0 Å². The maximum absolute atomic E-state index is 2.77. The zero-order valence-electron chi connectivity index (χ0n) is 52.1. The molecular weight excluding hydrogens is 966 g/mol. The zero-order valence-corrected chi connectivity index (χ0v) is 52.1. The fourth-order valence-electron chi connectivity index (χ4n) is 16.3. The van der Waals surface area contributed by atoms with E-state index >= 15 is 0 Å². The Morgan fingerprint density at radius 3 is 0.963 bits per heavy atom. The second kappa shape index (κ2) is 17.3. The van der Waals surface area contributed by atoms with Gasteiger partial charge in [-0.05, 0) is 241 Å². The molecule has 0 bridgehead atoms. The van der Waals surface area contributed by atoms with E-state index in [1.807, 2.05) is 0 Å². The third kappa shape index (κ3) is 7.93. The SMILES string of the molecule is Cc1ccccc1N(c1cc2c3c(c1)N(c1ccc4c(c1)C(C)(C)CCC4(C)C)c1cc4c(cc1B3c1cc3c(cc1N2c1ccc2c(c1)C(C)(C)CCC2(C)C)C(C)(C)CCC3(C)C)C(C)(C)CCC4(C)C)c1ccccc1C. The number of hydrogen-bond donors (Lipinski definition) is 0. The van der Waals surface area contributed by atoms with Crippen LogP contribution in [-0.4, -0.2) is 6.71 Å². The fraction of sp³-hybridized carbons (Fsp3) is 0.447. The molecule has 4 aliphatic carbocycles. The third-order valence-electron chi connectivity index (χ3n) is 22.2. The summed E-state index contributed by atoms with van der Waals surface area (Å²) < 4.78 is 0. The average molecular weight is 1060 g/mol. The van der Waals surface area contributed by atoms with Gasteiger partial charge in [0.05, 0.1) is 5.69 Å². The lowest BCUT2D eigenvalue weighted by molar-refractivity contribution is 0.332. The highest BCUT2D eigenvalue weighted by molar-refractivity contribution is 7.00. The lowest BCUT2D eigenvalue weighted by atomic mass is 9.32. The Hall–Kier alpha value is -6.00. The predicted octanol–water partition coefficient (Wildman–Crippen LogP) is 19.3. The van der Waals surface area contributed by atoms with E-state index in [1.165, 1.54) is 149 Å². The highest BCUT2D eigenvalue weighted by Gasteiger charge is 2.50. The summed E-state index contributed by atoms with van der Waals surface area (Å²) in [7, 11) is 0. The highest BCUT2D eigenvalue weighted by Crippen LogP contribution is 2.57. The van der Waals surface area contributed by atoms with Crippen molar-refractivity contribution in [2.75, 3.05) is 14.7 Å². The van der Waals surface area contributed by atoms with Gasteiger partial charge in [0.25, 0.3) is 6.71 Å². The van der Waals surface area contributed by atoms with Crippen LogP contribution in [0.5, 0.6) is 0 Å². The summed E-state index contributed by atoms with van der Waals surface area (Å²) in [5.41, 5.74) is 30.4. The molecule has 412 valence electrons. The first-order chi connectivity index (χ1) is 37.4. The molecule has 2 aliphatic heterocycles. The van der Waals surface area contributed by atoms with Crippen molar-refractivity contribution >= 4 is 74.3 Å². The van der Waals surface area contributed by atoms with Crippen LogP contribution < -0.4 is 31.1 Å². The van der Waals surface area contributed by atoms with E-state index in [9.17, 15) is 0 Å². The van der Waals surface area contributed by atoms with Gasteiger partial charge < -0.3 is 14.7 Å². The van der Waals surface area contributed by atoms with Crippen LogP contribution in [0.4, 0.5) is 51.2 Å². The van der Waals surface area contributed by atoms with Gasteiger partial charge in [-0.3, -0.25) is 0 Å². The van der Waals surface area contributed by atoms with Gasteiger partial charge in [-0.1, -0.05) is 171 Å². The first-order valence-electron chi connectivity index (χ1n) is 30.8. The van der Waals surface area contributed by atoms with Gasteiger partial charge in [-0.2, -0.15) is 0 Å². The van der Waals surface area contributed by atoms with Gasteiger partial charge >= 0.3 is 0 Å². The van der Waals surface area contributed by atoms with Crippen LogP contribution in [0, 0.1) is 13.8 Å². The second-order valence-corrected chi connectivity index (χ2v) is 31.4. The molecule has 80 heavy (non-hydrogen) atoms. The summed E-state index contributed by atoms with van der Waals surface area (Å²) in [6.07, 6.45) is 9.35. The Kier molecular flexibility index (Phi) is 11.5. The van der Waals surface area contributed by atoms with E-state index in [4.69, 9.17) is 0 Å². The smallest absolute Gasteiger partial charge is 0.252 e. The largest absolute Gasteiger partial charge is 0.311 e. The molecule has 0 aromatic heterocycles. The van der Waals surface area contributed by atoms with E-state index in [2.05, 4.69) is 261 Å². The Bertz CT molecular complexity index is 3500. The van der Waals surface area contributed by atoms with Crippen molar-refractivity contribution in [2.24, 2.45) is 0 Å². The molecule has 2 heterocycles. The molecule has 0 N–H and O–H groups in total. The fourth-order valence-corrected chi connectivity index (χ4v) is 16.3. The standard InChI is InChI=1S/C76H90BN3/c1-47-23-19-21-25-62(47)80(63-26-22-20-24-48(63)2)51-41-66-68-67(42-51)79(50-28-30-53-55(40-50)72(9,10)34-32-70(53,5)6)65-46-59-57(74(13,14)36-38-76(59,17)18)44-61(65)77(68)60-43-56-58(75(15,16)37-35-73(56,11)12)45-64(60)78(66)49-27-29-52-54(39-49)71(7,8)33-31-69(52,3)4/h19-30,39-46H,31-38H2,1-18H3. The monoisotopic (exact) mass is 1060 g/mol. The predicted molar refractivity (Wildman–Crippen MR) is 346 cm³/mol. The van der Waals surface area contributed by atoms with Crippen LogP contribution in [-0.2, 0) is 43.3 Å². The van der Waals surface area contributed by atoms with E-state index in [0.717, 1.165) is 25.7 Å². The van der Waals surface area contributed by atoms with Crippen molar-refractivity contribution in [3.63, 3.8) is 0 Å². The molecule has 0 spiro atoms. The number of nitrogens with zero attached hydrogens (tertiary/aromatic N) is 3. The van der Waals surface area contributed by atoms with Crippen molar-refractivity contribution in [2.45, 2.75) is 219 Å². The minimum absolute atomic E-state index is 0.0118. The third-order valence-corrected chi connectivity index (χ3v) is 22.2. The summed E-state index contributed by atoms with van der Waals surface area (Å²) in [6, 6.07) is 49.6. The average Bonchev–Trinajstić information content (AvgIpc) is 3.01. The number of anilines is 9. The van der Waals surface area contributed by atoms with Gasteiger partial charge in [0.1, 0.15) is 0 Å². The van der Waals surface area contributed by atoms with Gasteiger partial charge in [0.15, 0.2) is 0 Å². The Balaban J connectivity index is 1.22. The lowest BCUT2D eigenvalue weighted by Crippen LogP contribution is -2.62. The molecule has 6 aliphatic rings. The minimum Gasteiger partial charge on any atom is -0.311 e. The quantitative estimate of drug-likeness (QED) is 0.159. The van der Waals surface area contributed by atoms with Gasteiger partial charge in [-0.25, -0.2) is 0 Å². The van der Waals surface area contributed by atoms with Crippen molar-refractivity contribution < 1.29 is 0 Å².